The number of benzene rings is 5. The van der Waals surface area contributed by atoms with Crippen molar-refractivity contribution in [2.75, 3.05) is 0 Å². The van der Waals surface area contributed by atoms with Gasteiger partial charge in [-0.05, 0) is 44.5 Å². The third-order valence-electron chi connectivity index (χ3n) is 5.41. The normalized spacial score (nSPS) is 12.2. The Bertz CT molecular complexity index is 1460. The fourth-order valence-electron chi connectivity index (χ4n) is 4.31. The monoisotopic (exact) mass is 336 g/mol. The van der Waals surface area contributed by atoms with Crippen molar-refractivity contribution in [1.82, 2.24) is 0 Å². The van der Waals surface area contributed by atoms with Crippen LogP contribution >= 0.6 is 0 Å². The molecule has 3 nitrogen and oxygen atoms in total. The van der Waals surface area contributed by atoms with Crippen molar-refractivity contribution in [3.8, 4) is 0 Å². The Morgan fingerprint density at radius 3 is 2.23 bits per heavy atom. The third kappa shape index (κ3) is 1.65. The van der Waals surface area contributed by atoms with Crippen molar-refractivity contribution in [1.29, 1.82) is 0 Å². The zero-order valence-corrected chi connectivity index (χ0v) is 13.7. The van der Waals surface area contributed by atoms with Gasteiger partial charge in [-0.3, -0.25) is 0 Å². The minimum atomic E-state index is -1.49. The van der Waals surface area contributed by atoms with Gasteiger partial charge in [0.1, 0.15) is 11.2 Å². The van der Waals surface area contributed by atoms with Crippen molar-refractivity contribution in [3.05, 3.63) is 66.7 Å². The second-order valence-electron chi connectivity index (χ2n) is 6.81. The molecule has 1 heterocycles. The summed E-state index contributed by atoms with van der Waals surface area (Å²) in [5.41, 5.74) is 2.23. The smallest absolute Gasteiger partial charge is 0.456 e. The van der Waals surface area contributed by atoms with E-state index in [1.54, 1.807) is 6.07 Å². The van der Waals surface area contributed by atoms with Gasteiger partial charge in [-0.15, -0.1) is 0 Å². The molecule has 0 saturated heterocycles. The average Bonchev–Trinajstić information content (AvgIpc) is 3.04. The summed E-state index contributed by atoms with van der Waals surface area (Å²) in [6.07, 6.45) is 0. The Hall–Kier alpha value is -3.08. The molecule has 0 aliphatic heterocycles. The van der Waals surface area contributed by atoms with E-state index in [0.717, 1.165) is 43.5 Å². The van der Waals surface area contributed by atoms with Crippen LogP contribution in [0.4, 0.5) is 0 Å². The van der Waals surface area contributed by atoms with Gasteiger partial charge in [0.25, 0.3) is 0 Å². The maximum absolute atomic E-state index is 9.64. The maximum atomic E-state index is 9.64. The van der Waals surface area contributed by atoms with Gasteiger partial charge < -0.3 is 14.5 Å². The molecule has 6 rings (SSSR count). The molecule has 0 amide bonds. The molecule has 26 heavy (non-hydrogen) atoms. The van der Waals surface area contributed by atoms with Gasteiger partial charge in [0.05, 0.1) is 0 Å². The van der Waals surface area contributed by atoms with Gasteiger partial charge in [0.15, 0.2) is 0 Å². The van der Waals surface area contributed by atoms with Crippen LogP contribution in [0.5, 0.6) is 0 Å². The lowest BCUT2D eigenvalue weighted by Crippen LogP contribution is -2.29. The highest BCUT2D eigenvalue weighted by molar-refractivity contribution is 6.59. The van der Waals surface area contributed by atoms with Gasteiger partial charge in [-0.25, -0.2) is 0 Å². The molecule has 0 aliphatic carbocycles. The molecule has 0 fully saturated rings. The highest BCUT2D eigenvalue weighted by Crippen LogP contribution is 2.44. The van der Waals surface area contributed by atoms with Crippen LogP contribution in [-0.4, -0.2) is 17.2 Å². The molecule has 4 heteroatoms. The van der Waals surface area contributed by atoms with Gasteiger partial charge in [0.2, 0.25) is 0 Å². The summed E-state index contributed by atoms with van der Waals surface area (Å²) >= 11 is 0. The standard InChI is InChI=1S/C22H13BO3/c24-23(25)13-9-8-12-10-19-22-20(17(12)11-13)15-5-2-1-4-14(15)16-6-3-7-18(26-19)21(16)22/h1-11,24-25H. The Balaban J connectivity index is 2.02. The number of hydrogen-bond acceptors (Lipinski definition) is 3. The molecule has 0 atom stereocenters. The first-order valence-electron chi connectivity index (χ1n) is 8.60. The lowest BCUT2D eigenvalue weighted by Gasteiger charge is -2.11. The molecule has 0 unspecified atom stereocenters. The van der Waals surface area contributed by atoms with Crippen LogP contribution in [-0.2, 0) is 0 Å². The molecule has 0 saturated carbocycles. The predicted octanol–water partition coefficient (Wildman–Crippen LogP) is 4.16. The van der Waals surface area contributed by atoms with Crippen molar-refractivity contribution in [2.45, 2.75) is 0 Å². The Morgan fingerprint density at radius 2 is 1.38 bits per heavy atom. The van der Waals surface area contributed by atoms with E-state index >= 15 is 0 Å². The predicted molar refractivity (Wildman–Crippen MR) is 107 cm³/mol. The fourth-order valence-corrected chi connectivity index (χ4v) is 4.31. The molecular formula is C22H13BO3. The third-order valence-corrected chi connectivity index (χ3v) is 5.41. The number of rotatable bonds is 1. The van der Waals surface area contributed by atoms with Crippen LogP contribution in [0, 0.1) is 0 Å². The van der Waals surface area contributed by atoms with E-state index in [4.69, 9.17) is 4.42 Å². The van der Waals surface area contributed by atoms with E-state index in [-0.39, 0.29) is 0 Å². The van der Waals surface area contributed by atoms with Crippen LogP contribution < -0.4 is 5.46 Å². The maximum Gasteiger partial charge on any atom is 0.488 e. The summed E-state index contributed by atoms with van der Waals surface area (Å²) in [7, 11) is -1.49. The number of fused-ring (bicyclic) bond motifs is 5. The van der Waals surface area contributed by atoms with Crippen molar-refractivity contribution >= 4 is 66.8 Å². The number of furan rings is 1. The molecular weight excluding hydrogens is 323 g/mol. The van der Waals surface area contributed by atoms with Crippen molar-refractivity contribution in [2.24, 2.45) is 0 Å². The summed E-state index contributed by atoms with van der Waals surface area (Å²) in [5.74, 6) is 0. The first-order chi connectivity index (χ1) is 12.7. The Labute approximate surface area is 148 Å². The van der Waals surface area contributed by atoms with Crippen LogP contribution in [0.2, 0.25) is 0 Å². The second kappa shape index (κ2) is 4.76. The van der Waals surface area contributed by atoms with Gasteiger partial charge in [0, 0.05) is 16.2 Å². The summed E-state index contributed by atoms with van der Waals surface area (Å²) in [4.78, 5) is 0. The SMILES string of the molecule is OB(O)c1ccc2cc3oc4cccc5c6ccccc6c(c2c1)c3c45. The van der Waals surface area contributed by atoms with E-state index in [0.29, 0.717) is 5.46 Å². The summed E-state index contributed by atoms with van der Waals surface area (Å²) in [5, 5.41) is 28.1. The Kier molecular flexibility index (Phi) is 2.59. The van der Waals surface area contributed by atoms with Crippen LogP contribution in [0.1, 0.15) is 0 Å². The van der Waals surface area contributed by atoms with Crippen molar-refractivity contribution < 1.29 is 14.5 Å². The number of hydrogen-bond donors (Lipinski definition) is 2. The highest BCUT2D eigenvalue weighted by atomic mass is 16.4. The molecule has 0 radical (unpaired) electrons. The molecule has 122 valence electrons. The highest BCUT2D eigenvalue weighted by Gasteiger charge is 2.20. The van der Waals surface area contributed by atoms with E-state index < -0.39 is 7.12 Å². The zero-order valence-electron chi connectivity index (χ0n) is 13.7. The molecule has 0 aliphatic rings. The second-order valence-corrected chi connectivity index (χ2v) is 6.81. The summed E-state index contributed by atoms with van der Waals surface area (Å²) in [6.45, 7) is 0. The van der Waals surface area contributed by atoms with E-state index in [1.807, 2.05) is 42.5 Å². The first kappa shape index (κ1) is 14.1. The Morgan fingerprint density at radius 1 is 0.615 bits per heavy atom. The van der Waals surface area contributed by atoms with E-state index in [1.165, 1.54) is 10.8 Å². The lowest BCUT2D eigenvalue weighted by atomic mass is 9.78. The summed E-state index contributed by atoms with van der Waals surface area (Å²) in [6, 6.07) is 22.1. The van der Waals surface area contributed by atoms with Crippen LogP contribution in [0.3, 0.4) is 0 Å². The molecule has 0 bridgehead atoms. The topological polar surface area (TPSA) is 53.6 Å². The van der Waals surface area contributed by atoms with Crippen LogP contribution in [0.25, 0.3) is 54.3 Å². The fraction of sp³-hybridized carbons (Fsp3) is 0. The van der Waals surface area contributed by atoms with Gasteiger partial charge in [-0.2, -0.15) is 0 Å². The zero-order chi connectivity index (χ0) is 17.4. The molecule has 2 N–H and O–H groups in total. The summed E-state index contributed by atoms with van der Waals surface area (Å²) < 4.78 is 6.17. The van der Waals surface area contributed by atoms with Gasteiger partial charge in [-0.1, -0.05) is 54.6 Å². The largest absolute Gasteiger partial charge is 0.488 e. The van der Waals surface area contributed by atoms with E-state index in [2.05, 4.69) is 18.2 Å². The van der Waals surface area contributed by atoms with Gasteiger partial charge >= 0.3 is 7.12 Å². The lowest BCUT2D eigenvalue weighted by molar-refractivity contribution is 0.426. The molecule has 6 aromatic rings. The minimum absolute atomic E-state index is 0.490. The molecule has 0 spiro atoms. The first-order valence-corrected chi connectivity index (χ1v) is 8.60. The molecule has 1 aromatic heterocycles. The minimum Gasteiger partial charge on any atom is -0.456 e. The average molecular weight is 336 g/mol. The van der Waals surface area contributed by atoms with Crippen LogP contribution in [0.15, 0.2) is 71.1 Å². The van der Waals surface area contributed by atoms with E-state index in [9.17, 15) is 10.0 Å². The van der Waals surface area contributed by atoms with Crippen molar-refractivity contribution in [3.63, 3.8) is 0 Å². The quantitative estimate of drug-likeness (QED) is 0.350. The molecule has 5 aromatic carbocycles.